The summed E-state index contributed by atoms with van der Waals surface area (Å²) >= 11 is 0. The predicted molar refractivity (Wildman–Crippen MR) is 218 cm³/mol. The first-order valence-corrected chi connectivity index (χ1v) is 21.6. The van der Waals surface area contributed by atoms with Gasteiger partial charge in [0, 0.05) is 18.9 Å². The molecule has 0 aromatic heterocycles. The van der Waals surface area contributed by atoms with E-state index in [4.69, 9.17) is 14.2 Å². The molecule has 0 aliphatic carbocycles. The number of hydrogen-bond donors (Lipinski definition) is 0. The normalized spacial score (nSPS) is 18.3. The van der Waals surface area contributed by atoms with Crippen LogP contribution in [0.4, 0.5) is 0 Å². The predicted octanol–water partition coefficient (Wildman–Crippen LogP) is 10.0. The van der Waals surface area contributed by atoms with Gasteiger partial charge in [-0.3, -0.25) is 14.4 Å². The highest BCUT2D eigenvalue weighted by atomic mass is 16.6. The van der Waals surface area contributed by atoms with Gasteiger partial charge in [0.05, 0.1) is 11.8 Å². The number of hydrogen-bond acceptors (Lipinski definition) is 8. The molecular weight excluding hydrogens is 665 g/mol. The third kappa shape index (κ3) is 21.3. The Morgan fingerprint density at radius 3 is 1.92 bits per heavy atom. The maximum atomic E-state index is 13.1. The van der Waals surface area contributed by atoms with Crippen molar-refractivity contribution < 1.29 is 28.6 Å². The van der Waals surface area contributed by atoms with Crippen LogP contribution in [0, 0.1) is 17.3 Å². The number of piperidine rings is 2. The van der Waals surface area contributed by atoms with Crippen molar-refractivity contribution in [2.24, 2.45) is 17.3 Å². The summed E-state index contributed by atoms with van der Waals surface area (Å²) in [5.74, 6) is -1.24. The first-order valence-electron chi connectivity index (χ1n) is 21.6. The number of rotatable bonds is 29. The number of likely N-dealkylation sites (tertiary alicyclic amines) is 2. The molecule has 2 aliphatic rings. The lowest BCUT2D eigenvalue weighted by atomic mass is 9.80. The number of carbonyl (C=O) groups is 3. The van der Waals surface area contributed by atoms with Gasteiger partial charge in [0.15, 0.2) is 0 Å². The summed E-state index contributed by atoms with van der Waals surface area (Å²) in [6.45, 7) is 18.1. The van der Waals surface area contributed by atoms with E-state index >= 15 is 0 Å². The molecule has 8 heteroatoms. The second-order valence-corrected chi connectivity index (χ2v) is 16.0. The fraction of sp³-hybridized carbons (Fsp3) is 0.800. The summed E-state index contributed by atoms with van der Waals surface area (Å²) in [7, 11) is 0. The largest absolute Gasteiger partial charge is 0.465 e. The molecule has 0 aromatic carbocycles. The quantitative estimate of drug-likeness (QED) is 0.0324. The monoisotopic (exact) mass is 743 g/mol. The number of carbonyl (C=O) groups excluding carboxylic acids is 3. The Morgan fingerprint density at radius 2 is 1.32 bits per heavy atom. The van der Waals surface area contributed by atoms with Crippen molar-refractivity contribution in [1.82, 2.24) is 9.80 Å². The molecule has 0 spiro atoms. The van der Waals surface area contributed by atoms with Gasteiger partial charge in [-0.1, -0.05) is 96.6 Å². The van der Waals surface area contributed by atoms with Gasteiger partial charge in [0.25, 0.3) is 0 Å². The van der Waals surface area contributed by atoms with Crippen LogP contribution in [0.1, 0.15) is 156 Å². The fourth-order valence-corrected chi connectivity index (χ4v) is 7.39. The average Bonchev–Trinajstić information content (AvgIpc) is 3.18. The lowest BCUT2D eigenvalue weighted by Gasteiger charge is -2.41. The Bertz CT molecular complexity index is 1060. The molecule has 2 fully saturated rings. The molecule has 0 bridgehead atoms. The first-order chi connectivity index (χ1) is 25.7. The van der Waals surface area contributed by atoms with Crippen molar-refractivity contribution in [2.75, 3.05) is 52.5 Å². The lowest BCUT2D eigenvalue weighted by molar-refractivity contribution is -0.157. The maximum Gasteiger partial charge on any atom is 0.309 e. The van der Waals surface area contributed by atoms with Crippen molar-refractivity contribution >= 4 is 17.9 Å². The molecular formula is C45H78N2O6. The zero-order valence-corrected chi connectivity index (χ0v) is 34.5. The van der Waals surface area contributed by atoms with Gasteiger partial charge < -0.3 is 24.0 Å². The van der Waals surface area contributed by atoms with Crippen LogP contribution >= 0.6 is 0 Å². The summed E-state index contributed by atoms with van der Waals surface area (Å²) in [4.78, 5) is 43.6. The first kappa shape index (κ1) is 46.7. The van der Waals surface area contributed by atoms with Crippen molar-refractivity contribution in [1.29, 1.82) is 0 Å². The highest BCUT2D eigenvalue weighted by Gasteiger charge is 2.32. The minimum Gasteiger partial charge on any atom is -0.465 e. The van der Waals surface area contributed by atoms with Crippen molar-refractivity contribution in [2.45, 2.75) is 162 Å². The van der Waals surface area contributed by atoms with Gasteiger partial charge in [-0.25, -0.2) is 0 Å². The Labute approximate surface area is 324 Å². The summed E-state index contributed by atoms with van der Waals surface area (Å²) < 4.78 is 17.1. The second-order valence-electron chi connectivity index (χ2n) is 16.0. The van der Waals surface area contributed by atoms with Crippen molar-refractivity contribution in [3.05, 3.63) is 37.0 Å². The lowest BCUT2D eigenvalue weighted by Crippen LogP contribution is -2.48. The molecule has 2 heterocycles. The maximum absolute atomic E-state index is 13.1. The molecule has 0 amide bonds. The Hall–Kier alpha value is -2.45. The smallest absolute Gasteiger partial charge is 0.309 e. The highest BCUT2D eigenvalue weighted by molar-refractivity contribution is 5.72. The third-order valence-electron chi connectivity index (χ3n) is 11.6. The van der Waals surface area contributed by atoms with Crippen molar-refractivity contribution in [3.63, 3.8) is 0 Å². The molecule has 2 unspecified atom stereocenters. The summed E-state index contributed by atoms with van der Waals surface area (Å²) in [6.07, 6.45) is 30.6. The standard InChI is InChI=1S/C45H78N2O6/c1-6-10-11-12-13-14-15-16-17-18-19-20-21-22-23-24-42(48)51-36-39(37-52-43(49)25-31-45(5,8-3)30-7-2)38-53-44(50)40-26-34-47(35-27-40)41-28-32-46(9-4)33-29-41/h7,13-14,16-17,39-41H,2,6,8-12,15,18-38H2,1,3-5H3/b14-13-,17-16-. The molecule has 2 rings (SSSR count). The van der Waals surface area contributed by atoms with E-state index in [-0.39, 0.29) is 49.1 Å². The van der Waals surface area contributed by atoms with Crippen LogP contribution in [0.5, 0.6) is 0 Å². The third-order valence-corrected chi connectivity index (χ3v) is 11.6. The van der Waals surface area contributed by atoms with Crippen LogP contribution in [0.15, 0.2) is 37.0 Å². The molecule has 0 aromatic rings. The Morgan fingerprint density at radius 1 is 0.736 bits per heavy atom. The molecule has 0 N–H and O–H groups in total. The minimum atomic E-state index is -0.397. The summed E-state index contributed by atoms with van der Waals surface area (Å²) in [5.41, 5.74) is 0.00939. The van der Waals surface area contributed by atoms with E-state index in [1.54, 1.807) is 0 Å². The summed E-state index contributed by atoms with van der Waals surface area (Å²) in [6, 6.07) is 0.611. The molecule has 0 saturated carbocycles. The highest BCUT2D eigenvalue weighted by Crippen LogP contribution is 2.32. The van der Waals surface area contributed by atoms with Crippen LogP contribution in [0.3, 0.4) is 0 Å². The Balaban J connectivity index is 1.72. The molecule has 0 radical (unpaired) electrons. The number of allylic oxidation sites excluding steroid dienone is 5. The number of esters is 3. The number of nitrogens with zero attached hydrogens (tertiary/aromatic N) is 2. The van der Waals surface area contributed by atoms with E-state index in [9.17, 15) is 14.4 Å². The van der Waals surface area contributed by atoms with Gasteiger partial charge in [-0.2, -0.15) is 0 Å². The molecule has 2 aliphatic heterocycles. The van der Waals surface area contributed by atoms with Crippen LogP contribution < -0.4 is 0 Å². The average molecular weight is 743 g/mol. The molecule has 304 valence electrons. The van der Waals surface area contributed by atoms with Gasteiger partial charge in [-0.05, 0) is 115 Å². The van der Waals surface area contributed by atoms with E-state index in [1.165, 1.54) is 44.9 Å². The molecule has 2 atom stereocenters. The minimum absolute atomic E-state index is 0.00939. The van der Waals surface area contributed by atoms with Crippen LogP contribution in [0.2, 0.25) is 0 Å². The zero-order valence-electron chi connectivity index (χ0n) is 34.5. The molecule has 2 saturated heterocycles. The van der Waals surface area contributed by atoms with Crippen LogP contribution in [-0.2, 0) is 28.6 Å². The SMILES string of the molecule is C=CCC(C)(CC)CCC(=O)OCC(COC(=O)CCCCCCC/C=C\C/C=C\CCCCC)COC(=O)C1CCN(C2CCN(CC)CC2)CC1. The van der Waals surface area contributed by atoms with Crippen molar-refractivity contribution in [3.8, 4) is 0 Å². The number of ether oxygens (including phenoxy) is 3. The van der Waals surface area contributed by atoms with Gasteiger partial charge in [0.1, 0.15) is 19.8 Å². The fourth-order valence-electron chi connectivity index (χ4n) is 7.39. The van der Waals surface area contributed by atoms with E-state index in [0.29, 0.717) is 25.3 Å². The van der Waals surface area contributed by atoms with Gasteiger partial charge in [0.2, 0.25) is 0 Å². The molecule has 53 heavy (non-hydrogen) atoms. The van der Waals surface area contributed by atoms with Gasteiger partial charge in [-0.15, -0.1) is 6.58 Å². The number of unbranched alkanes of at least 4 members (excludes halogenated alkanes) is 8. The van der Waals surface area contributed by atoms with Crippen LogP contribution in [0.25, 0.3) is 0 Å². The van der Waals surface area contributed by atoms with E-state index in [0.717, 1.165) is 96.9 Å². The van der Waals surface area contributed by atoms with Crippen LogP contribution in [-0.4, -0.2) is 86.3 Å². The Kier molecular flexibility index (Phi) is 25.5. The van der Waals surface area contributed by atoms with E-state index < -0.39 is 5.92 Å². The summed E-state index contributed by atoms with van der Waals surface area (Å²) in [5, 5.41) is 0. The van der Waals surface area contributed by atoms with E-state index in [1.807, 2.05) is 6.08 Å². The topological polar surface area (TPSA) is 85.4 Å². The molecule has 8 nitrogen and oxygen atoms in total. The second kappa shape index (κ2) is 28.9. The van der Waals surface area contributed by atoms with E-state index in [2.05, 4.69) is 68.4 Å². The zero-order chi connectivity index (χ0) is 38.6. The van der Waals surface area contributed by atoms with Gasteiger partial charge >= 0.3 is 17.9 Å².